The molecule has 70 valence electrons. The van der Waals surface area contributed by atoms with E-state index in [1.54, 1.807) is 0 Å². The number of aliphatic hydroxyl groups is 1. The number of hydrogen-bond acceptors (Lipinski definition) is 5. The van der Waals surface area contributed by atoms with Gasteiger partial charge in [0.2, 0.25) is 0 Å². The summed E-state index contributed by atoms with van der Waals surface area (Å²) in [6.45, 7) is 7.12. The topological polar surface area (TPSA) is 33.2 Å². The first-order valence-electron chi connectivity index (χ1n) is 4.24. The van der Waals surface area contributed by atoms with Crippen molar-refractivity contribution in [3.8, 4) is 0 Å². The van der Waals surface area contributed by atoms with Gasteiger partial charge in [-0.3, -0.25) is 19.6 Å². The average molecular weight is 172 g/mol. The van der Waals surface area contributed by atoms with Crippen LogP contribution in [0.3, 0.4) is 0 Å². The molecule has 0 saturated carbocycles. The Balaban J connectivity index is 0.000000264. The Bertz CT molecular complexity index is 107. The minimum Gasteiger partial charge on any atom is -0.400 e. The highest BCUT2D eigenvalue weighted by Gasteiger charge is 2.36. The third kappa shape index (κ3) is 1.34. The minimum absolute atomic E-state index is 1.00. The van der Waals surface area contributed by atoms with Gasteiger partial charge in [0.1, 0.15) is 0 Å². The summed E-state index contributed by atoms with van der Waals surface area (Å²) >= 11 is 0. The molecule has 4 aliphatic rings. The molecule has 0 aliphatic carbocycles. The smallest absolute Gasteiger partial charge is 0.0555 e. The van der Waals surface area contributed by atoms with Gasteiger partial charge in [0.15, 0.2) is 0 Å². The zero-order chi connectivity index (χ0) is 8.55. The molecule has 0 aromatic heterocycles. The third-order valence-corrected chi connectivity index (χ3v) is 2.40. The summed E-state index contributed by atoms with van der Waals surface area (Å²) in [6, 6.07) is 0. The molecular weight excluding hydrogens is 156 g/mol. The van der Waals surface area contributed by atoms with E-state index in [1.165, 1.54) is 40.0 Å². The SMILES string of the molecule is C1N2CN3CN1CN(C2)C3.CO. The van der Waals surface area contributed by atoms with Crippen LogP contribution in [0.1, 0.15) is 0 Å². The van der Waals surface area contributed by atoms with Gasteiger partial charge in [0, 0.05) is 7.11 Å². The van der Waals surface area contributed by atoms with Crippen LogP contribution in [0.4, 0.5) is 0 Å². The largest absolute Gasteiger partial charge is 0.400 e. The van der Waals surface area contributed by atoms with Gasteiger partial charge in [0.25, 0.3) is 0 Å². The van der Waals surface area contributed by atoms with Crippen LogP contribution < -0.4 is 0 Å². The summed E-state index contributed by atoms with van der Waals surface area (Å²) in [5.74, 6) is 0. The monoisotopic (exact) mass is 172 g/mol. The van der Waals surface area contributed by atoms with Crippen LogP contribution in [-0.2, 0) is 0 Å². The fourth-order valence-electron chi connectivity index (χ4n) is 2.23. The van der Waals surface area contributed by atoms with E-state index < -0.39 is 0 Å². The predicted molar refractivity (Wildman–Crippen MR) is 44.7 cm³/mol. The van der Waals surface area contributed by atoms with Gasteiger partial charge < -0.3 is 5.11 Å². The lowest BCUT2D eigenvalue weighted by Crippen LogP contribution is -2.71. The molecule has 4 bridgehead atoms. The lowest BCUT2D eigenvalue weighted by Gasteiger charge is -2.56. The molecule has 12 heavy (non-hydrogen) atoms. The predicted octanol–water partition coefficient (Wildman–Crippen LogP) is -1.41. The molecular formula is C7H16N4O. The molecule has 0 atom stereocenters. The maximum atomic E-state index is 7.00. The van der Waals surface area contributed by atoms with Crippen molar-refractivity contribution in [1.29, 1.82) is 0 Å². The van der Waals surface area contributed by atoms with Gasteiger partial charge in [0.05, 0.1) is 40.0 Å². The molecule has 5 heteroatoms. The number of hydrogen-bond donors (Lipinski definition) is 1. The van der Waals surface area contributed by atoms with Crippen LogP contribution in [0.2, 0.25) is 0 Å². The van der Waals surface area contributed by atoms with E-state index in [-0.39, 0.29) is 0 Å². The van der Waals surface area contributed by atoms with E-state index in [0.29, 0.717) is 0 Å². The summed E-state index contributed by atoms with van der Waals surface area (Å²) in [5.41, 5.74) is 0. The Morgan fingerprint density at radius 2 is 0.750 bits per heavy atom. The Morgan fingerprint density at radius 3 is 0.917 bits per heavy atom. The Hall–Kier alpha value is -0.200. The number of nitrogens with zero attached hydrogens (tertiary/aromatic N) is 4. The molecule has 5 nitrogen and oxygen atoms in total. The molecule has 4 rings (SSSR count). The second kappa shape index (κ2) is 3.27. The van der Waals surface area contributed by atoms with Crippen LogP contribution in [0.15, 0.2) is 0 Å². The molecule has 4 fully saturated rings. The second-order valence-corrected chi connectivity index (χ2v) is 3.53. The van der Waals surface area contributed by atoms with Gasteiger partial charge >= 0.3 is 0 Å². The van der Waals surface area contributed by atoms with Crippen molar-refractivity contribution < 1.29 is 5.11 Å². The third-order valence-electron chi connectivity index (χ3n) is 2.40. The highest BCUT2D eigenvalue weighted by Crippen LogP contribution is 2.20. The normalized spacial score (nSPS) is 48.5. The van der Waals surface area contributed by atoms with Crippen molar-refractivity contribution in [2.45, 2.75) is 0 Å². The molecule has 4 heterocycles. The highest BCUT2D eigenvalue weighted by molar-refractivity contribution is 4.79. The molecule has 0 aromatic carbocycles. The summed E-state index contributed by atoms with van der Waals surface area (Å²) in [5, 5.41) is 7.00. The minimum atomic E-state index is 1.00. The van der Waals surface area contributed by atoms with E-state index in [1.807, 2.05) is 0 Å². The molecule has 0 spiro atoms. The zero-order valence-electron chi connectivity index (χ0n) is 7.48. The Morgan fingerprint density at radius 1 is 0.583 bits per heavy atom. The molecule has 1 N–H and O–H groups in total. The first kappa shape index (κ1) is 8.40. The highest BCUT2D eigenvalue weighted by atomic mass is 16.2. The van der Waals surface area contributed by atoms with Gasteiger partial charge in [-0.25, -0.2) is 0 Å². The first-order chi connectivity index (χ1) is 5.90. The quantitative estimate of drug-likeness (QED) is 0.485. The maximum absolute atomic E-state index is 7.00. The van der Waals surface area contributed by atoms with Crippen molar-refractivity contribution in [3.05, 3.63) is 0 Å². The van der Waals surface area contributed by atoms with Gasteiger partial charge in [-0.2, -0.15) is 0 Å². The lowest BCUT2D eigenvalue weighted by atomic mass is 10.4. The van der Waals surface area contributed by atoms with Crippen molar-refractivity contribution in [2.24, 2.45) is 0 Å². The molecule has 0 unspecified atom stereocenters. The summed E-state index contributed by atoms with van der Waals surface area (Å²) in [7, 11) is 1.00. The second-order valence-electron chi connectivity index (χ2n) is 3.53. The van der Waals surface area contributed by atoms with Crippen LogP contribution >= 0.6 is 0 Å². The van der Waals surface area contributed by atoms with Crippen molar-refractivity contribution in [3.63, 3.8) is 0 Å². The average Bonchev–Trinajstić information content (AvgIpc) is 2.05. The van der Waals surface area contributed by atoms with Gasteiger partial charge in [-0.1, -0.05) is 0 Å². The zero-order valence-corrected chi connectivity index (χ0v) is 7.48. The summed E-state index contributed by atoms with van der Waals surface area (Å²) in [4.78, 5) is 9.88. The van der Waals surface area contributed by atoms with E-state index in [0.717, 1.165) is 7.11 Å². The van der Waals surface area contributed by atoms with E-state index in [4.69, 9.17) is 5.11 Å². The van der Waals surface area contributed by atoms with Crippen molar-refractivity contribution >= 4 is 0 Å². The van der Waals surface area contributed by atoms with E-state index >= 15 is 0 Å². The maximum Gasteiger partial charge on any atom is 0.0555 e. The number of aliphatic hydroxyl groups excluding tert-OH is 1. The van der Waals surface area contributed by atoms with Crippen LogP contribution in [0.5, 0.6) is 0 Å². The summed E-state index contributed by atoms with van der Waals surface area (Å²) in [6.07, 6.45) is 0. The fourth-order valence-corrected chi connectivity index (χ4v) is 2.23. The fraction of sp³-hybridized carbons (Fsp3) is 1.00. The lowest BCUT2D eigenvalue weighted by molar-refractivity contribution is -0.194. The van der Waals surface area contributed by atoms with E-state index in [9.17, 15) is 0 Å². The molecule has 4 saturated heterocycles. The first-order valence-corrected chi connectivity index (χ1v) is 4.24. The molecule has 0 aromatic rings. The standard InChI is InChI=1S/C6H12N4.CH4O/c1-7-2-9-4-8(1)5-10(3-7)6-9;1-2/h1-6H2;2H,1H3. The van der Waals surface area contributed by atoms with Gasteiger partial charge in [-0.15, -0.1) is 0 Å². The molecule has 4 aliphatic heterocycles. The van der Waals surface area contributed by atoms with Crippen LogP contribution in [0, 0.1) is 0 Å². The number of rotatable bonds is 0. The van der Waals surface area contributed by atoms with Crippen LogP contribution in [-0.4, -0.2) is 71.8 Å². The van der Waals surface area contributed by atoms with Crippen molar-refractivity contribution in [1.82, 2.24) is 19.6 Å². The summed E-state index contributed by atoms with van der Waals surface area (Å²) < 4.78 is 0. The van der Waals surface area contributed by atoms with Gasteiger partial charge in [-0.05, 0) is 0 Å². The van der Waals surface area contributed by atoms with E-state index in [2.05, 4.69) is 19.6 Å². The van der Waals surface area contributed by atoms with Crippen LogP contribution in [0.25, 0.3) is 0 Å². The van der Waals surface area contributed by atoms with Crippen molar-refractivity contribution in [2.75, 3.05) is 47.1 Å². The molecule has 0 radical (unpaired) electrons. The Kier molecular flexibility index (Phi) is 2.29. The Labute approximate surface area is 72.8 Å². The molecule has 0 amide bonds.